The van der Waals surface area contributed by atoms with Gasteiger partial charge < -0.3 is 4.90 Å². The summed E-state index contributed by atoms with van der Waals surface area (Å²) in [5.41, 5.74) is 2.98. The minimum Gasteiger partial charge on any atom is -0.302 e. The van der Waals surface area contributed by atoms with Crippen molar-refractivity contribution in [3.63, 3.8) is 0 Å². The fourth-order valence-electron chi connectivity index (χ4n) is 4.66. The Bertz CT molecular complexity index is 1270. The molecule has 9 heteroatoms. The van der Waals surface area contributed by atoms with Crippen molar-refractivity contribution in [1.82, 2.24) is 9.29 Å². The zero-order valence-electron chi connectivity index (χ0n) is 25.8. The minimum absolute atomic E-state index is 0.162. The summed E-state index contributed by atoms with van der Waals surface area (Å²) in [5.74, 6) is 0.286. The van der Waals surface area contributed by atoms with Crippen LogP contribution in [0, 0.1) is 12.8 Å². The van der Waals surface area contributed by atoms with Gasteiger partial charge in [-0.25, -0.2) is 4.31 Å². The average molecular weight is 598 g/mol. The molecule has 0 bridgehead atoms. The molecule has 2 heterocycles. The lowest BCUT2D eigenvalue weighted by molar-refractivity contribution is -0.137. The van der Waals surface area contributed by atoms with E-state index in [1.807, 2.05) is 57.7 Å². The highest BCUT2D eigenvalue weighted by atomic mass is 32.2. The number of amides is 1. The van der Waals surface area contributed by atoms with E-state index in [-0.39, 0.29) is 17.6 Å². The van der Waals surface area contributed by atoms with Crippen molar-refractivity contribution >= 4 is 36.9 Å². The lowest BCUT2D eigenvalue weighted by Crippen LogP contribution is -2.45. The second kappa shape index (κ2) is 16.8. The highest BCUT2D eigenvalue weighted by Crippen LogP contribution is 2.38. The minimum atomic E-state index is -4.38. The standard InChI is InChI=1S/C29H31BF3N3OS.2C2H6/c1-4-19(2)8-11-23-17-35(38-24-12-9-21(10-13-24)29(31,32)33)18-25-20(3)6-5-7-27(25)36(23)28(37)26-16-22(30)14-15-34-26;2*1-2/h5-7,9-10,12-16,19,23H,4,8,11,17-18H2,1-3H3;2*1-2H3. The summed E-state index contributed by atoms with van der Waals surface area (Å²) in [6, 6.07) is 14.3. The van der Waals surface area contributed by atoms with Gasteiger partial charge in [0.2, 0.25) is 0 Å². The Hall–Kier alpha value is -2.78. The predicted octanol–water partition coefficient (Wildman–Crippen LogP) is 8.62. The van der Waals surface area contributed by atoms with Gasteiger partial charge in [-0.05, 0) is 85.2 Å². The van der Waals surface area contributed by atoms with Crippen LogP contribution in [0.3, 0.4) is 0 Å². The maximum Gasteiger partial charge on any atom is 0.416 e. The molecule has 0 saturated heterocycles. The molecule has 2 radical (unpaired) electrons. The van der Waals surface area contributed by atoms with Gasteiger partial charge >= 0.3 is 6.18 Å². The molecule has 3 aromatic rings. The van der Waals surface area contributed by atoms with Crippen molar-refractivity contribution in [2.45, 2.75) is 91.4 Å². The molecule has 2 unspecified atom stereocenters. The number of rotatable bonds is 7. The van der Waals surface area contributed by atoms with Crippen LogP contribution in [0.5, 0.6) is 0 Å². The van der Waals surface area contributed by atoms with E-state index in [1.54, 1.807) is 18.3 Å². The van der Waals surface area contributed by atoms with Gasteiger partial charge in [-0.1, -0.05) is 71.6 Å². The number of aryl methyl sites for hydroxylation is 1. The molecule has 1 aliphatic heterocycles. The van der Waals surface area contributed by atoms with Gasteiger partial charge in [0.25, 0.3) is 5.91 Å². The molecule has 0 aliphatic carbocycles. The third-order valence-electron chi connectivity index (χ3n) is 7.09. The second-order valence-corrected chi connectivity index (χ2v) is 11.1. The van der Waals surface area contributed by atoms with E-state index in [4.69, 9.17) is 7.85 Å². The number of halogens is 3. The zero-order valence-corrected chi connectivity index (χ0v) is 26.6. The lowest BCUT2D eigenvalue weighted by Gasteiger charge is -2.33. The van der Waals surface area contributed by atoms with Crippen LogP contribution in [0.4, 0.5) is 18.9 Å². The van der Waals surface area contributed by atoms with Crippen LogP contribution in [0.1, 0.15) is 88.0 Å². The van der Waals surface area contributed by atoms with Crippen molar-refractivity contribution in [2.24, 2.45) is 5.92 Å². The average Bonchev–Trinajstić information content (AvgIpc) is 3.14. The molecule has 1 aliphatic rings. The van der Waals surface area contributed by atoms with Gasteiger partial charge in [-0.3, -0.25) is 9.78 Å². The van der Waals surface area contributed by atoms with Gasteiger partial charge in [0.05, 0.1) is 11.6 Å². The van der Waals surface area contributed by atoms with E-state index in [1.165, 1.54) is 24.1 Å². The molecule has 2 aromatic carbocycles. The number of alkyl halides is 3. The van der Waals surface area contributed by atoms with Crippen molar-refractivity contribution in [2.75, 3.05) is 11.4 Å². The van der Waals surface area contributed by atoms with Gasteiger partial charge in [0.1, 0.15) is 13.5 Å². The Balaban J connectivity index is 0.00000148. The smallest absolute Gasteiger partial charge is 0.302 e. The molecule has 1 amide bonds. The monoisotopic (exact) mass is 597 g/mol. The van der Waals surface area contributed by atoms with Crippen LogP contribution in [-0.4, -0.2) is 35.6 Å². The lowest BCUT2D eigenvalue weighted by atomic mass is 9.95. The van der Waals surface area contributed by atoms with Crippen LogP contribution in [0.25, 0.3) is 0 Å². The number of hydrogen-bond donors (Lipinski definition) is 0. The molecule has 4 nitrogen and oxygen atoms in total. The first-order valence-electron chi connectivity index (χ1n) is 14.8. The van der Waals surface area contributed by atoms with Gasteiger partial charge in [-0.2, -0.15) is 13.2 Å². The number of aromatic nitrogens is 1. The first-order valence-corrected chi connectivity index (χ1v) is 15.6. The van der Waals surface area contributed by atoms with Gasteiger partial charge in [0.15, 0.2) is 0 Å². The number of carbonyl (C=O) groups excluding carboxylic acids is 1. The SMILES string of the molecule is CC.CC.[B]c1ccnc(C(=O)N2c3cccc(C)c3CN(Sc3ccc(C(F)(F)F)cc3)CC2CCC(C)CC)c1. The quantitative estimate of drug-likeness (QED) is 0.202. The molecular weight excluding hydrogens is 554 g/mol. The summed E-state index contributed by atoms with van der Waals surface area (Å²) in [6.45, 7) is 15.5. The molecule has 226 valence electrons. The summed E-state index contributed by atoms with van der Waals surface area (Å²) in [7, 11) is 5.98. The largest absolute Gasteiger partial charge is 0.416 e. The molecule has 4 rings (SSSR count). The van der Waals surface area contributed by atoms with Crippen LogP contribution < -0.4 is 10.4 Å². The summed E-state index contributed by atoms with van der Waals surface area (Å²) in [6.07, 6.45) is -0.0793. The van der Waals surface area contributed by atoms with E-state index < -0.39 is 11.7 Å². The third-order valence-corrected chi connectivity index (χ3v) is 8.11. The van der Waals surface area contributed by atoms with E-state index in [0.717, 1.165) is 48.2 Å². The van der Waals surface area contributed by atoms with Crippen molar-refractivity contribution < 1.29 is 18.0 Å². The maximum absolute atomic E-state index is 14.0. The number of carbonyl (C=O) groups is 1. The van der Waals surface area contributed by atoms with Gasteiger partial charge in [-0.15, -0.1) is 0 Å². The summed E-state index contributed by atoms with van der Waals surface area (Å²) in [4.78, 5) is 20.9. The predicted molar refractivity (Wildman–Crippen MR) is 170 cm³/mol. The fraction of sp³-hybridized carbons (Fsp3) is 0.455. The first-order chi connectivity index (χ1) is 20.1. The number of anilines is 1. The fourth-order valence-corrected chi connectivity index (χ4v) is 5.66. The summed E-state index contributed by atoms with van der Waals surface area (Å²) in [5, 5.41) is 0. The normalized spacial score (nSPS) is 15.8. The molecule has 0 saturated carbocycles. The van der Waals surface area contributed by atoms with E-state index in [9.17, 15) is 18.0 Å². The Labute approximate surface area is 255 Å². The Morgan fingerprint density at radius 1 is 1.10 bits per heavy atom. The zero-order chi connectivity index (χ0) is 31.4. The molecule has 0 spiro atoms. The molecule has 0 fully saturated rings. The number of pyridine rings is 1. The molecular formula is C33H43BF3N3OS. The van der Waals surface area contributed by atoms with Crippen molar-refractivity contribution in [1.29, 1.82) is 0 Å². The van der Waals surface area contributed by atoms with E-state index >= 15 is 0 Å². The molecule has 0 N–H and O–H groups in total. The Kier molecular flexibility index (Phi) is 14.1. The number of benzene rings is 2. The first kappa shape index (κ1) is 35.4. The Morgan fingerprint density at radius 2 is 1.76 bits per heavy atom. The summed E-state index contributed by atoms with van der Waals surface area (Å²) < 4.78 is 41.4. The topological polar surface area (TPSA) is 36.4 Å². The van der Waals surface area contributed by atoms with Gasteiger partial charge in [0, 0.05) is 29.9 Å². The van der Waals surface area contributed by atoms with E-state index in [0.29, 0.717) is 29.4 Å². The van der Waals surface area contributed by atoms with Crippen LogP contribution >= 0.6 is 11.9 Å². The van der Waals surface area contributed by atoms with E-state index in [2.05, 4.69) is 23.1 Å². The summed E-state index contributed by atoms with van der Waals surface area (Å²) >= 11 is 1.42. The van der Waals surface area contributed by atoms with Crippen molar-refractivity contribution in [3.8, 4) is 0 Å². The number of nitrogens with zero attached hydrogens (tertiary/aromatic N) is 3. The highest BCUT2D eigenvalue weighted by Gasteiger charge is 2.35. The Morgan fingerprint density at radius 3 is 2.36 bits per heavy atom. The second-order valence-electron chi connectivity index (χ2n) is 9.90. The van der Waals surface area contributed by atoms with Crippen LogP contribution in [0.2, 0.25) is 0 Å². The number of hydrogen-bond acceptors (Lipinski definition) is 4. The maximum atomic E-state index is 14.0. The van der Waals surface area contributed by atoms with Crippen LogP contribution in [0.15, 0.2) is 65.7 Å². The molecule has 1 aromatic heterocycles. The molecule has 42 heavy (non-hydrogen) atoms. The van der Waals surface area contributed by atoms with Crippen LogP contribution in [-0.2, 0) is 12.7 Å². The highest BCUT2D eigenvalue weighted by molar-refractivity contribution is 7.97. The third kappa shape index (κ3) is 9.36. The van der Waals surface area contributed by atoms with Crippen molar-refractivity contribution in [3.05, 3.63) is 83.2 Å². The number of fused-ring (bicyclic) bond motifs is 1. The molecule has 2 atom stereocenters.